The lowest BCUT2D eigenvalue weighted by Crippen LogP contribution is -1.96. The molecule has 0 aliphatic heterocycles. The van der Waals surface area contributed by atoms with Crippen molar-refractivity contribution in [2.24, 2.45) is 0 Å². The molecule has 0 aliphatic rings. The third-order valence-electron chi connectivity index (χ3n) is 1.68. The summed E-state index contributed by atoms with van der Waals surface area (Å²) < 4.78 is 16.8. The number of halogens is 2. The zero-order valence-electron chi connectivity index (χ0n) is 8.01. The fraction of sp³-hybridized carbons (Fsp3) is 0.250. The van der Waals surface area contributed by atoms with Gasteiger partial charge in [0.25, 0.3) is 13.1 Å². The summed E-state index contributed by atoms with van der Waals surface area (Å²) >= 11 is 10.9. The Morgan fingerprint density at radius 2 is 1.75 bits per heavy atom. The van der Waals surface area contributed by atoms with Crippen LogP contribution >= 0.6 is 30.6 Å². The Hall–Kier alpha value is -0.770. The van der Waals surface area contributed by atoms with E-state index < -0.39 is 12.3 Å². The van der Waals surface area contributed by atoms with E-state index in [4.69, 9.17) is 27.7 Å². The van der Waals surface area contributed by atoms with Crippen LogP contribution in [0.25, 0.3) is 0 Å². The van der Waals surface area contributed by atoms with Crippen molar-refractivity contribution in [2.75, 3.05) is 11.2 Å². The van der Waals surface area contributed by atoms with Crippen molar-refractivity contribution in [3.05, 3.63) is 34.4 Å². The number of hydrogen-bond donors (Lipinski definition) is 0. The van der Waals surface area contributed by atoms with Crippen LogP contribution in [-0.2, 0) is 4.57 Å². The van der Waals surface area contributed by atoms with Gasteiger partial charge in [-0.2, -0.15) is 0 Å². The maximum Gasteiger partial charge on any atom is 0.276 e. The van der Waals surface area contributed by atoms with Crippen LogP contribution < -0.4 is 4.52 Å². The molecule has 0 bridgehead atoms. The number of alkyl halides is 2. The summed E-state index contributed by atoms with van der Waals surface area (Å²) in [5.41, 5.74) is -0.472. The van der Waals surface area contributed by atoms with E-state index in [1.807, 2.05) is 0 Å². The minimum Gasteiger partial charge on any atom is -0.441 e. The van der Waals surface area contributed by atoms with Crippen molar-refractivity contribution in [1.29, 1.82) is 0 Å². The van der Waals surface area contributed by atoms with Crippen LogP contribution in [0.4, 0.5) is 5.69 Å². The molecule has 0 saturated carbocycles. The highest BCUT2D eigenvalue weighted by Crippen LogP contribution is 2.48. The predicted octanol–water partition coefficient (Wildman–Crippen LogP) is 3.64. The summed E-state index contributed by atoms with van der Waals surface area (Å²) in [6.07, 6.45) is 0. The van der Waals surface area contributed by atoms with Crippen LogP contribution in [0.2, 0.25) is 0 Å². The molecule has 0 aliphatic carbocycles. The normalized spacial score (nSPS) is 11.1. The Kier molecular flexibility index (Phi) is 4.59. The Morgan fingerprint density at radius 1 is 1.25 bits per heavy atom. The van der Waals surface area contributed by atoms with Gasteiger partial charge in [0.15, 0.2) is 0 Å². The molecule has 1 rings (SSSR count). The minimum atomic E-state index is -3.08. The lowest BCUT2D eigenvalue weighted by molar-refractivity contribution is -0.384. The van der Waals surface area contributed by atoms with E-state index in [1.54, 1.807) is 0 Å². The number of nitrogens with zero attached hydrogens (tertiary/aromatic N) is 1. The van der Waals surface area contributed by atoms with Crippen molar-refractivity contribution < 1.29 is 14.0 Å². The monoisotopic (exact) mass is 283 g/mol. The summed E-state index contributed by atoms with van der Waals surface area (Å²) in [6.45, 7) is 0. The molecule has 5 nitrogen and oxygen atoms in total. The van der Waals surface area contributed by atoms with Gasteiger partial charge in [-0.1, -0.05) is 0 Å². The van der Waals surface area contributed by atoms with Gasteiger partial charge in [-0.15, -0.1) is 23.2 Å². The molecule has 0 radical (unpaired) electrons. The van der Waals surface area contributed by atoms with Gasteiger partial charge in [-0.25, -0.2) is 0 Å². The van der Waals surface area contributed by atoms with Crippen molar-refractivity contribution >= 4 is 36.3 Å². The first-order valence-corrected chi connectivity index (χ1v) is 7.21. The first-order valence-electron chi connectivity index (χ1n) is 4.15. The van der Waals surface area contributed by atoms with E-state index in [0.29, 0.717) is 0 Å². The molecule has 0 amide bonds. The zero-order valence-corrected chi connectivity index (χ0v) is 10.4. The third kappa shape index (κ3) is 3.37. The van der Waals surface area contributed by atoms with Gasteiger partial charge in [0.2, 0.25) is 0 Å². The van der Waals surface area contributed by atoms with Crippen LogP contribution in [0.3, 0.4) is 0 Å². The van der Waals surface area contributed by atoms with E-state index in [-0.39, 0.29) is 22.7 Å². The molecule has 0 fully saturated rings. The average molecular weight is 284 g/mol. The van der Waals surface area contributed by atoms with Gasteiger partial charge in [0, 0.05) is 12.1 Å². The maximum absolute atomic E-state index is 11.7. The Morgan fingerprint density at radius 3 is 2.12 bits per heavy atom. The predicted molar refractivity (Wildman–Crippen MR) is 62.8 cm³/mol. The lowest BCUT2D eigenvalue weighted by Gasteiger charge is -2.13. The molecular formula is C8H8Cl2NO4P. The topological polar surface area (TPSA) is 69.4 Å². The standard InChI is InChI=1S/C8H8Cl2NO4P/c9-5-16(14,6-10)15-8-3-1-7(2-4-8)11(12)13/h1-4H,5-6H2. The summed E-state index contributed by atoms with van der Waals surface area (Å²) in [4.78, 5) is 9.84. The molecule has 0 atom stereocenters. The quantitative estimate of drug-likeness (QED) is 0.358. The maximum atomic E-state index is 11.7. The molecule has 88 valence electrons. The smallest absolute Gasteiger partial charge is 0.276 e. The van der Waals surface area contributed by atoms with Gasteiger partial charge in [-0.3, -0.25) is 14.7 Å². The van der Waals surface area contributed by atoms with Crippen molar-refractivity contribution in [3.63, 3.8) is 0 Å². The molecule has 1 aromatic rings. The van der Waals surface area contributed by atoms with Crippen LogP contribution in [0.15, 0.2) is 24.3 Å². The van der Waals surface area contributed by atoms with E-state index in [2.05, 4.69) is 0 Å². The van der Waals surface area contributed by atoms with Gasteiger partial charge in [0.05, 0.1) is 4.92 Å². The molecule has 16 heavy (non-hydrogen) atoms. The fourth-order valence-corrected chi connectivity index (χ4v) is 2.63. The molecule has 8 heteroatoms. The number of non-ortho nitro benzene ring substituents is 1. The Balaban J connectivity index is 2.83. The number of nitro groups is 1. The zero-order chi connectivity index (χ0) is 12.2. The Labute approximate surface area is 102 Å². The number of rotatable bonds is 5. The second-order valence-corrected chi connectivity index (χ2v) is 6.62. The van der Waals surface area contributed by atoms with E-state index in [1.165, 1.54) is 24.3 Å². The Bertz CT molecular complexity index is 415. The summed E-state index contributed by atoms with van der Waals surface area (Å²) in [6, 6.07) is 5.21. The van der Waals surface area contributed by atoms with Crippen molar-refractivity contribution in [3.8, 4) is 5.75 Å². The van der Waals surface area contributed by atoms with Crippen LogP contribution in [0.1, 0.15) is 0 Å². The highest BCUT2D eigenvalue weighted by Gasteiger charge is 2.22. The van der Waals surface area contributed by atoms with Crippen molar-refractivity contribution in [1.82, 2.24) is 0 Å². The first kappa shape index (κ1) is 13.3. The molecule has 0 saturated heterocycles. The number of nitro benzene ring substituents is 1. The highest BCUT2D eigenvalue weighted by atomic mass is 35.5. The van der Waals surface area contributed by atoms with E-state index in [9.17, 15) is 14.7 Å². The van der Waals surface area contributed by atoms with Gasteiger partial charge >= 0.3 is 0 Å². The van der Waals surface area contributed by atoms with Gasteiger partial charge < -0.3 is 4.52 Å². The van der Waals surface area contributed by atoms with Crippen LogP contribution in [0, 0.1) is 10.1 Å². The minimum absolute atomic E-state index is 0.0704. The summed E-state index contributed by atoms with van der Waals surface area (Å²) in [5.74, 6) is 0.246. The van der Waals surface area contributed by atoms with Crippen LogP contribution in [0.5, 0.6) is 5.75 Å². The molecule has 0 spiro atoms. The molecule has 1 aromatic carbocycles. The number of benzene rings is 1. The van der Waals surface area contributed by atoms with E-state index in [0.717, 1.165) is 0 Å². The van der Waals surface area contributed by atoms with Gasteiger partial charge in [0.1, 0.15) is 17.0 Å². The summed E-state index contributed by atoms with van der Waals surface area (Å²) in [5, 5.41) is 10.4. The average Bonchev–Trinajstić information content (AvgIpc) is 2.29. The second-order valence-electron chi connectivity index (χ2n) is 2.90. The molecular weight excluding hydrogens is 276 g/mol. The van der Waals surface area contributed by atoms with Crippen LogP contribution in [-0.4, -0.2) is 16.2 Å². The highest BCUT2D eigenvalue weighted by molar-refractivity contribution is 7.62. The summed E-state index contributed by atoms with van der Waals surface area (Å²) in [7, 11) is -3.08. The van der Waals surface area contributed by atoms with E-state index >= 15 is 0 Å². The number of hydrogen-bond acceptors (Lipinski definition) is 4. The van der Waals surface area contributed by atoms with Gasteiger partial charge in [-0.05, 0) is 12.1 Å². The first-order chi connectivity index (χ1) is 7.50. The largest absolute Gasteiger partial charge is 0.441 e. The fourth-order valence-electron chi connectivity index (χ4n) is 0.902. The second kappa shape index (κ2) is 5.53. The van der Waals surface area contributed by atoms with Crippen molar-refractivity contribution in [2.45, 2.75) is 0 Å². The third-order valence-corrected chi connectivity index (χ3v) is 5.14. The molecule has 0 N–H and O–H groups in total. The lowest BCUT2D eigenvalue weighted by atomic mass is 10.3. The molecule has 0 heterocycles. The molecule has 0 unspecified atom stereocenters. The SMILES string of the molecule is O=[N+]([O-])c1ccc(OP(=O)(CCl)CCl)cc1. The molecule has 0 aromatic heterocycles.